The molecule has 0 heterocycles. The molecule has 0 bridgehead atoms. The fourth-order valence-electron chi connectivity index (χ4n) is 3.73. The van der Waals surface area contributed by atoms with Crippen LogP contribution in [-0.4, -0.2) is 40.4 Å². The van der Waals surface area contributed by atoms with Gasteiger partial charge in [-0.2, -0.15) is 5.10 Å². The molecule has 0 aliphatic rings. The summed E-state index contributed by atoms with van der Waals surface area (Å²) in [6.45, 7) is -0.104. The van der Waals surface area contributed by atoms with Crippen molar-refractivity contribution in [2.45, 2.75) is 6.61 Å². The number of nitrogens with zero attached hydrogens (tertiary/aromatic N) is 2. The Hall–Kier alpha value is -4.35. The van der Waals surface area contributed by atoms with Crippen LogP contribution >= 0.6 is 15.9 Å². The number of para-hydroxylation sites is 1. The summed E-state index contributed by atoms with van der Waals surface area (Å²) < 4.78 is 43.7. The zero-order valence-corrected chi connectivity index (χ0v) is 24.8. The van der Waals surface area contributed by atoms with E-state index in [4.69, 9.17) is 14.2 Å². The molecule has 0 aliphatic heterocycles. The summed E-state index contributed by atoms with van der Waals surface area (Å²) in [5, 5.41) is 3.99. The third kappa shape index (κ3) is 8.57. The van der Waals surface area contributed by atoms with Crippen LogP contribution in [0, 0.1) is 0 Å². The molecule has 0 saturated carbocycles. The fraction of sp³-hybridized carbons (Fsp3) is 0.133. The van der Waals surface area contributed by atoms with Gasteiger partial charge in [-0.05, 0) is 75.6 Å². The van der Waals surface area contributed by atoms with E-state index in [9.17, 15) is 13.2 Å². The third-order valence-corrected chi connectivity index (χ3v) is 7.40. The topological polar surface area (TPSA) is 107 Å². The molecule has 1 amide bonds. The molecule has 0 aliphatic carbocycles. The number of carbonyl (C=O) groups is 1. The van der Waals surface area contributed by atoms with Gasteiger partial charge >= 0.3 is 0 Å². The molecule has 4 aromatic carbocycles. The Morgan fingerprint density at radius 2 is 1.59 bits per heavy atom. The van der Waals surface area contributed by atoms with E-state index in [0.29, 0.717) is 45.3 Å². The van der Waals surface area contributed by atoms with E-state index < -0.39 is 22.5 Å². The van der Waals surface area contributed by atoms with E-state index in [0.717, 1.165) is 16.1 Å². The normalized spacial score (nSPS) is 11.2. The van der Waals surface area contributed by atoms with Gasteiger partial charge in [0, 0.05) is 0 Å². The van der Waals surface area contributed by atoms with Crippen molar-refractivity contribution >= 4 is 43.8 Å². The van der Waals surface area contributed by atoms with Crippen LogP contribution in [0.5, 0.6) is 23.0 Å². The largest absolute Gasteiger partial charge is 0.493 e. The van der Waals surface area contributed by atoms with Crippen LogP contribution in [0.4, 0.5) is 5.69 Å². The highest BCUT2D eigenvalue weighted by atomic mass is 79.9. The summed E-state index contributed by atoms with van der Waals surface area (Å²) in [6.07, 6.45) is 2.45. The molecule has 212 valence electrons. The lowest BCUT2D eigenvalue weighted by molar-refractivity contribution is -0.119. The summed E-state index contributed by atoms with van der Waals surface area (Å²) in [4.78, 5) is 12.6. The number of nitrogens with one attached hydrogen (secondary N) is 1. The number of hydrazone groups is 1. The molecule has 0 saturated heterocycles. The number of hydrogen-bond acceptors (Lipinski definition) is 7. The molecule has 11 heteroatoms. The minimum Gasteiger partial charge on any atom is -0.493 e. The quantitative estimate of drug-likeness (QED) is 0.157. The van der Waals surface area contributed by atoms with Crippen molar-refractivity contribution in [1.82, 2.24) is 5.43 Å². The van der Waals surface area contributed by atoms with E-state index in [1.807, 2.05) is 60.7 Å². The van der Waals surface area contributed by atoms with Gasteiger partial charge in [0.2, 0.25) is 10.0 Å². The van der Waals surface area contributed by atoms with Gasteiger partial charge in [0.05, 0.1) is 29.7 Å². The Kier molecular flexibility index (Phi) is 9.99. The number of sulfonamides is 1. The molecule has 41 heavy (non-hydrogen) atoms. The van der Waals surface area contributed by atoms with Crippen LogP contribution in [0.2, 0.25) is 0 Å². The van der Waals surface area contributed by atoms with Gasteiger partial charge in [0.1, 0.15) is 24.7 Å². The Balaban J connectivity index is 1.39. The molecule has 0 unspecified atom stereocenters. The average Bonchev–Trinajstić information content (AvgIpc) is 2.96. The van der Waals surface area contributed by atoms with Crippen molar-refractivity contribution in [1.29, 1.82) is 0 Å². The van der Waals surface area contributed by atoms with Crippen LogP contribution in [0.15, 0.2) is 107 Å². The van der Waals surface area contributed by atoms with Crippen molar-refractivity contribution in [2.75, 3.05) is 24.2 Å². The Bertz CT molecular complexity index is 1600. The summed E-state index contributed by atoms with van der Waals surface area (Å²) in [6, 6.07) is 28.8. The summed E-state index contributed by atoms with van der Waals surface area (Å²) >= 11 is 3.50. The second-order valence-corrected chi connectivity index (χ2v) is 11.5. The maximum atomic E-state index is 12.6. The SMILES string of the molecule is COc1cc(/C=N\NC(=O)CN(c2ccc(Oc3ccccc3)cc2)S(C)(=O)=O)cc(Br)c1OCc1ccccc1. The van der Waals surface area contributed by atoms with Crippen LogP contribution in [0.25, 0.3) is 0 Å². The molecular formula is C30H28BrN3O6S. The molecule has 9 nitrogen and oxygen atoms in total. The summed E-state index contributed by atoms with van der Waals surface area (Å²) in [5.41, 5.74) is 4.32. The molecule has 0 aromatic heterocycles. The number of rotatable bonds is 12. The number of carbonyl (C=O) groups excluding carboxylic acids is 1. The van der Waals surface area contributed by atoms with Crippen LogP contribution in [-0.2, 0) is 21.4 Å². The van der Waals surface area contributed by atoms with Gasteiger partial charge in [-0.1, -0.05) is 48.5 Å². The van der Waals surface area contributed by atoms with Crippen molar-refractivity contribution < 1.29 is 27.4 Å². The van der Waals surface area contributed by atoms with E-state index in [2.05, 4.69) is 26.5 Å². The Labute approximate surface area is 247 Å². The Morgan fingerprint density at radius 3 is 2.22 bits per heavy atom. The molecule has 4 aromatic rings. The van der Waals surface area contributed by atoms with Gasteiger partial charge < -0.3 is 14.2 Å². The standard InChI is InChI=1S/C30H28BrN3O6S/c1-38-28-18-23(17-27(31)30(28)39-21-22-9-5-3-6-10-22)19-32-33-29(35)20-34(41(2,36)37)24-13-15-26(16-14-24)40-25-11-7-4-8-12-25/h3-19H,20-21H2,1-2H3,(H,33,35)/b32-19-. The summed E-state index contributed by atoms with van der Waals surface area (Å²) in [7, 11) is -2.24. The molecule has 0 atom stereocenters. The van der Waals surface area contributed by atoms with Gasteiger partial charge in [0.15, 0.2) is 11.5 Å². The monoisotopic (exact) mass is 637 g/mol. The molecule has 0 radical (unpaired) electrons. The van der Waals surface area contributed by atoms with Crippen LogP contribution < -0.4 is 23.9 Å². The molecular weight excluding hydrogens is 610 g/mol. The minimum atomic E-state index is -3.76. The van der Waals surface area contributed by atoms with E-state index in [1.165, 1.54) is 13.3 Å². The lowest BCUT2D eigenvalue weighted by atomic mass is 10.2. The van der Waals surface area contributed by atoms with Crippen LogP contribution in [0.3, 0.4) is 0 Å². The first-order valence-electron chi connectivity index (χ1n) is 12.4. The Morgan fingerprint density at radius 1 is 0.951 bits per heavy atom. The second kappa shape index (κ2) is 13.8. The number of amides is 1. The molecule has 0 fully saturated rings. The summed E-state index contributed by atoms with van der Waals surface area (Å²) in [5.74, 6) is 1.56. The zero-order chi connectivity index (χ0) is 29.2. The average molecular weight is 639 g/mol. The van der Waals surface area contributed by atoms with Crippen molar-refractivity contribution in [3.63, 3.8) is 0 Å². The minimum absolute atomic E-state index is 0.312. The fourth-order valence-corrected chi connectivity index (χ4v) is 5.16. The van der Waals surface area contributed by atoms with E-state index in [1.54, 1.807) is 36.4 Å². The van der Waals surface area contributed by atoms with E-state index >= 15 is 0 Å². The predicted octanol–water partition coefficient (Wildman–Crippen LogP) is 5.75. The third-order valence-electron chi connectivity index (χ3n) is 5.67. The predicted molar refractivity (Wildman–Crippen MR) is 162 cm³/mol. The van der Waals surface area contributed by atoms with Gasteiger partial charge in [0.25, 0.3) is 5.91 Å². The van der Waals surface area contributed by atoms with E-state index in [-0.39, 0.29) is 0 Å². The lowest BCUT2D eigenvalue weighted by Gasteiger charge is -2.21. The lowest BCUT2D eigenvalue weighted by Crippen LogP contribution is -2.39. The number of hydrogen-bond donors (Lipinski definition) is 1. The first kappa shape index (κ1) is 29.6. The van der Waals surface area contributed by atoms with Crippen molar-refractivity contribution in [2.24, 2.45) is 5.10 Å². The highest BCUT2D eigenvalue weighted by Gasteiger charge is 2.21. The molecule has 1 N–H and O–H groups in total. The van der Waals surface area contributed by atoms with Crippen molar-refractivity contribution in [3.05, 3.63) is 113 Å². The molecule has 4 rings (SSSR count). The maximum Gasteiger partial charge on any atom is 0.260 e. The number of ether oxygens (including phenoxy) is 3. The first-order chi connectivity index (χ1) is 19.7. The smallest absolute Gasteiger partial charge is 0.260 e. The van der Waals surface area contributed by atoms with Gasteiger partial charge in [-0.3, -0.25) is 9.10 Å². The van der Waals surface area contributed by atoms with Gasteiger partial charge in [-0.25, -0.2) is 13.8 Å². The second-order valence-electron chi connectivity index (χ2n) is 8.78. The van der Waals surface area contributed by atoms with Gasteiger partial charge in [-0.15, -0.1) is 0 Å². The zero-order valence-electron chi connectivity index (χ0n) is 22.4. The first-order valence-corrected chi connectivity index (χ1v) is 15.0. The number of anilines is 1. The number of halogens is 1. The number of benzene rings is 4. The van der Waals surface area contributed by atoms with Crippen molar-refractivity contribution in [3.8, 4) is 23.0 Å². The maximum absolute atomic E-state index is 12.6. The highest BCUT2D eigenvalue weighted by molar-refractivity contribution is 9.10. The number of methoxy groups -OCH3 is 1. The molecule has 0 spiro atoms. The van der Waals surface area contributed by atoms with Crippen LogP contribution in [0.1, 0.15) is 11.1 Å². The highest BCUT2D eigenvalue weighted by Crippen LogP contribution is 2.37.